The van der Waals surface area contributed by atoms with Gasteiger partial charge in [0.25, 0.3) is 0 Å². The van der Waals surface area contributed by atoms with E-state index in [1.807, 2.05) is 6.92 Å². The van der Waals surface area contributed by atoms with E-state index >= 15 is 0 Å². The van der Waals surface area contributed by atoms with Crippen LogP contribution >= 0.6 is 0 Å². The van der Waals surface area contributed by atoms with Crippen molar-refractivity contribution in [3.8, 4) is 0 Å². The molecule has 0 heterocycles. The minimum absolute atomic E-state index is 0.161. The summed E-state index contributed by atoms with van der Waals surface area (Å²) >= 11 is 0. The van der Waals surface area contributed by atoms with Crippen molar-refractivity contribution in [1.29, 1.82) is 0 Å². The zero-order chi connectivity index (χ0) is 9.35. The van der Waals surface area contributed by atoms with Gasteiger partial charge in [-0.25, -0.2) is 0 Å². The first-order valence-electron chi connectivity index (χ1n) is 4.76. The highest BCUT2D eigenvalue weighted by molar-refractivity contribution is 5.03. The smallest absolute Gasteiger partial charge is 0.0610 e. The molecule has 70 valence electrons. The standard InChI is InChI=1S/C11H20O/c1-8(2)9-5-6-11(3,4)7-10(9)12/h9-10,12H,1,5-7H2,2-4H3/t9-,10-/m1/s1. The lowest BCUT2D eigenvalue weighted by molar-refractivity contribution is 0.0303. The fourth-order valence-electron chi connectivity index (χ4n) is 2.12. The van der Waals surface area contributed by atoms with Crippen molar-refractivity contribution in [3.63, 3.8) is 0 Å². The van der Waals surface area contributed by atoms with Gasteiger partial charge in [0.2, 0.25) is 0 Å². The highest BCUT2D eigenvalue weighted by Crippen LogP contribution is 2.40. The van der Waals surface area contributed by atoms with E-state index < -0.39 is 0 Å². The fourth-order valence-corrected chi connectivity index (χ4v) is 2.12. The van der Waals surface area contributed by atoms with Gasteiger partial charge in [0.15, 0.2) is 0 Å². The summed E-state index contributed by atoms with van der Waals surface area (Å²) < 4.78 is 0. The summed E-state index contributed by atoms with van der Waals surface area (Å²) in [5.41, 5.74) is 1.46. The molecule has 1 rings (SSSR count). The molecule has 0 aromatic heterocycles. The monoisotopic (exact) mass is 168 g/mol. The highest BCUT2D eigenvalue weighted by atomic mass is 16.3. The Morgan fingerprint density at radius 1 is 1.50 bits per heavy atom. The molecule has 1 heteroatoms. The van der Waals surface area contributed by atoms with Gasteiger partial charge in [-0.3, -0.25) is 0 Å². The lowest BCUT2D eigenvalue weighted by atomic mass is 9.70. The highest BCUT2D eigenvalue weighted by Gasteiger charge is 2.33. The Bertz CT molecular complexity index is 181. The van der Waals surface area contributed by atoms with Crippen LogP contribution in [0.15, 0.2) is 12.2 Å². The van der Waals surface area contributed by atoms with Crippen LogP contribution in [0.4, 0.5) is 0 Å². The normalized spacial score (nSPS) is 34.7. The van der Waals surface area contributed by atoms with Crippen molar-refractivity contribution in [1.82, 2.24) is 0 Å². The lowest BCUT2D eigenvalue weighted by Crippen LogP contribution is -2.34. The Morgan fingerprint density at radius 3 is 2.50 bits per heavy atom. The summed E-state index contributed by atoms with van der Waals surface area (Å²) in [6.45, 7) is 10.4. The molecule has 0 aromatic rings. The second-order valence-electron chi connectivity index (χ2n) is 4.93. The van der Waals surface area contributed by atoms with Crippen LogP contribution in [-0.4, -0.2) is 11.2 Å². The minimum Gasteiger partial charge on any atom is -0.392 e. The molecule has 1 nitrogen and oxygen atoms in total. The molecule has 12 heavy (non-hydrogen) atoms. The second-order valence-corrected chi connectivity index (χ2v) is 4.93. The van der Waals surface area contributed by atoms with Crippen molar-refractivity contribution in [2.75, 3.05) is 0 Å². The third-order valence-corrected chi connectivity index (χ3v) is 2.99. The van der Waals surface area contributed by atoms with E-state index in [2.05, 4.69) is 20.4 Å². The van der Waals surface area contributed by atoms with Gasteiger partial charge >= 0.3 is 0 Å². The van der Waals surface area contributed by atoms with E-state index in [1.54, 1.807) is 0 Å². The molecule has 0 saturated heterocycles. The first-order chi connectivity index (χ1) is 5.42. The van der Waals surface area contributed by atoms with Crippen molar-refractivity contribution in [2.24, 2.45) is 11.3 Å². The fraction of sp³-hybridized carbons (Fsp3) is 0.818. The molecule has 1 fully saturated rings. The second kappa shape index (κ2) is 3.21. The molecule has 0 spiro atoms. The van der Waals surface area contributed by atoms with Crippen LogP contribution in [0.3, 0.4) is 0 Å². The van der Waals surface area contributed by atoms with Crippen molar-refractivity contribution in [2.45, 2.75) is 46.1 Å². The molecular formula is C11H20O. The first-order valence-corrected chi connectivity index (χ1v) is 4.76. The lowest BCUT2D eigenvalue weighted by Gasteiger charge is -2.38. The molecule has 0 aliphatic heterocycles. The first kappa shape index (κ1) is 9.79. The van der Waals surface area contributed by atoms with E-state index in [1.165, 1.54) is 6.42 Å². The number of aliphatic hydroxyl groups is 1. The van der Waals surface area contributed by atoms with Gasteiger partial charge in [0.1, 0.15) is 0 Å². The van der Waals surface area contributed by atoms with Crippen LogP contribution in [-0.2, 0) is 0 Å². The SMILES string of the molecule is C=C(C)[C@H]1CCC(C)(C)C[C@H]1O. The van der Waals surface area contributed by atoms with Crippen molar-refractivity contribution in [3.05, 3.63) is 12.2 Å². The molecule has 0 bridgehead atoms. The van der Waals surface area contributed by atoms with Gasteiger partial charge in [-0.15, -0.1) is 0 Å². The molecule has 1 aliphatic carbocycles. The van der Waals surface area contributed by atoms with E-state index in [0.29, 0.717) is 11.3 Å². The number of hydrogen-bond acceptors (Lipinski definition) is 1. The topological polar surface area (TPSA) is 20.2 Å². The van der Waals surface area contributed by atoms with Crippen LogP contribution in [0.5, 0.6) is 0 Å². The summed E-state index contributed by atoms with van der Waals surface area (Å²) in [4.78, 5) is 0. The van der Waals surface area contributed by atoms with Crippen molar-refractivity contribution >= 4 is 0 Å². The summed E-state index contributed by atoms with van der Waals surface area (Å²) in [6.07, 6.45) is 3.07. The van der Waals surface area contributed by atoms with E-state index in [0.717, 1.165) is 18.4 Å². The van der Waals surface area contributed by atoms with E-state index in [9.17, 15) is 5.11 Å². The Morgan fingerprint density at radius 2 is 2.08 bits per heavy atom. The number of aliphatic hydroxyl groups excluding tert-OH is 1. The maximum atomic E-state index is 9.81. The van der Waals surface area contributed by atoms with Gasteiger partial charge < -0.3 is 5.11 Å². The molecule has 0 amide bonds. The predicted molar refractivity (Wildman–Crippen MR) is 51.9 cm³/mol. The average molecular weight is 168 g/mol. The van der Waals surface area contributed by atoms with Crippen LogP contribution < -0.4 is 0 Å². The average Bonchev–Trinajstić information content (AvgIpc) is 1.83. The Hall–Kier alpha value is -0.300. The third-order valence-electron chi connectivity index (χ3n) is 2.99. The predicted octanol–water partition coefficient (Wildman–Crippen LogP) is 2.75. The largest absolute Gasteiger partial charge is 0.392 e. The molecule has 1 N–H and O–H groups in total. The molecule has 0 radical (unpaired) electrons. The maximum Gasteiger partial charge on any atom is 0.0610 e. The van der Waals surface area contributed by atoms with E-state index in [4.69, 9.17) is 0 Å². The van der Waals surface area contributed by atoms with Crippen LogP contribution in [0.25, 0.3) is 0 Å². The number of rotatable bonds is 1. The molecule has 0 aromatic carbocycles. The molecule has 0 unspecified atom stereocenters. The Balaban J connectivity index is 2.60. The maximum absolute atomic E-state index is 9.81. The van der Waals surface area contributed by atoms with Crippen LogP contribution in [0.1, 0.15) is 40.0 Å². The van der Waals surface area contributed by atoms with E-state index in [-0.39, 0.29) is 6.10 Å². The quantitative estimate of drug-likeness (QED) is 0.597. The van der Waals surface area contributed by atoms with Crippen LogP contribution in [0.2, 0.25) is 0 Å². The third kappa shape index (κ3) is 2.10. The molecular weight excluding hydrogens is 148 g/mol. The summed E-state index contributed by atoms with van der Waals surface area (Å²) in [7, 11) is 0. The van der Waals surface area contributed by atoms with Gasteiger partial charge in [-0.2, -0.15) is 0 Å². The minimum atomic E-state index is -0.161. The molecule has 1 aliphatic rings. The zero-order valence-corrected chi connectivity index (χ0v) is 8.43. The van der Waals surface area contributed by atoms with Crippen LogP contribution in [0, 0.1) is 11.3 Å². The Kier molecular flexibility index (Phi) is 2.62. The summed E-state index contributed by atoms with van der Waals surface area (Å²) in [5.74, 6) is 0.345. The van der Waals surface area contributed by atoms with Crippen molar-refractivity contribution < 1.29 is 5.11 Å². The molecule has 1 saturated carbocycles. The summed E-state index contributed by atoms with van der Waals surface area (Å²) in [6, 6.07) is 0. The van der Waals surface area contributed by atoms with Gasteiger partial charge in [-0.1, -0.05) is 26.0 Å². The van der Waals surface area contributed by atoms with Gasteiger partial charge in [0, 0.05) is 5.92 Å². The zero-order valence-electron chi connectivity index (χ0n) is 8.43. The molecule has 2 atom stereocenters. The van der Waals surface area contributed by atoms with Gasteiger partial charge in [0.05, 0.1) is 6.10 Å². The van der Waals surface area contributed by atoms with Gasteiger partial charge in [-0.05, 0) is 31.6 Å². The Labute approximate surface area is 75.5 Å². The summed E-state index contributed by atoms with van der Waals surface area (Å²) in [5, 5.41) is 9.81. The number of hydrogen-bond donors (Lipinski definition) is 1.